The summed E-state index contributed by atoms with van der Waals surface area (Å²) < 4.78 is 35.9. The highest BCUT2D eigenvalue weighted by Gasteiger charge is 2.49. The summed E-state index contributed by atoms with van der Waals surface area (Å²) >= 11 is 0. The average molecular weight is 773 g/mol. The SMILES string of the molecule is CCNC(=O)C(CCCNC(=O)OCc1ccccc1)NCC1C(NC(=O)COc2ccc3c(c2)OCc2c-3[nH]c3ccc(F)cc23)C(=O)N1CC(=O)OCC. The summed E-state index contributed by atoms with van der Waals surface area (Å²) in [5.41, 5.74) is 4.07. The Morgan fingerprint density at radius 2 is 1.84 bits per heavy atom. The Bertz CT molecular complexity index is 2060. The molecule has 5 N–H and O–H groups in total. The van der Waals surface area contributed by atoms with Gasteiger partial charge in [0.1, 0.15) is 43.1 Å². The molecule has 0 saturated carbocycles. The molecule has 2 aliphatic rings. The van der Waals surface area contributed by atoms with Gasteiger partial charge < -0.3 is 50.1 Å². The average Bonchev–Trinajstić information content (AvgIpc) is 3.57. The first-order valence-electron chi connectivity index (χ1n) is 18.6. The molecule has 56 heavy (non-hydrogen) atoms. The number of fused-ring (bicyclic) bond motifs is 5. The van der Waals surface area contributed by atoms with Crippen LogP contribution in [0.2, 0.25) is 0 Å². The van der Waals surface area contributed by atoms with Gasteiger partial charge in [0.25, 0.3) is 5.91 Å². The molecule has 0 aliphatic carbocycles. The van der Waals surface area contributed by atoms with E-state index in [0.717, 1.165) is 33.3 Å². The molecule has 4 aromatic rings. The minimum Gasteiger partial charge on any atom is -0.488 e. The van der Waals surface area contributed by atoms with Crippen LogP contribution in [0.5, 0.6) is 11.5 Å². The predicted molar refractivity (Wildman–Crippen MR) is 202 cm³/mol. The number of β-lactam (4-membered cyclic amide) rings is 1. The lowest BCUT2D eigenvalue weighted by Gasteiger charge is -2.47. The van der Waals surface area contributed by atoms with Gasteiger partial charge in [0.05, 0.1) is 24.4 Å². The molecule has 3 atom stereocenters. The number of ether oxygens (including phenoxy) is 4. The van der Waals surface area contributed by atoms with Crippen LogP contribution in [0.1, 0.15) is 37.8 Å². The first-order valence-corrected chi connectivity index (χ1v) is 18.6. The van der Waals surface area contributed by atoms with Gasteiger partial charge in [0.2, 0.25) is 11.8 Å². The van der Waals surface area contributed by atoms with Crippen LogP contribution >= 0.6 is 0 Å². The quantitative estimate of drug-likeness (QED) is 0.0571. The number of rotatable bonds is 18. The van der Waals surface area contributed by atoms with Gasteiger partial charge in [-0.3, -0.25) is 19.2 Å². The fourth-order valence-electron chi connectivity index (χ4n) is 6.72. The van der Waals surface area contributed by atoms with E-state index in [1.54, 1.807) is 38.1 Å². The molecule has 3 heterocycles. The molecule has 3 unspecified atom stereocenters. The summed E-state index contributed by atoms with van der Waals surface area (Å²) in [6.45, 7) is 3.88. The highest BCUT2D eigenvalue weighted by atomic mass is 19.1. The molecule has 0 spiro atoms. The maximum atomic E-state index is 13.9. The standard InChI is InChI=1S/C40H45FN6O9/c1-3-42-38(50)31(11-8-16-43-40(52)56-21-24-9-6-5-7-10-24)44-19-32-37(39(51)47(32)20-35(49)53-4-2)46-34(48)23-54-26-13-14-27-33(18-26)55-22-29-28-17-25(41)12-15-30(28)45-36(27)29/h5-7,9-10,12-15,17-18,31-32,37,44-45H,3-4,8,11,16,19-23H2,1-2H3,(H,42,50)(H,43,52)(H,46,48). The van der Waals surface area contributed by atoms with Crippen molar-refractivity contribution in [3.05, 3.63) is 83.7 Å². The molecule has 1 saturated heterocycles. The predicted octanol–water partition coefficient (Wildman–Crippen LogP) is 3.30. The third-order valence-electron chi connectivity index (χ3n) is 9.48. The highest BCUT2D eigenvalue weighted by Crippen LogP contribution is 2.42. The van der Waals surface area contributed by atoms with Crippen LogP contribution in [0.3, 0.4) is 0 Å². The van der Waals surface area contributed by atoms with Gasteiger partial charge in [0.15, 0.2) is 6.61 Å². The van der Waals surface area contributed by atoms with Crippen LogP contribution in [0.4, 0.5) is 9.18 Å². The number of nitrogens with one attached hydrogen (secondary N) is 5. The highest BCUT2D eigenvalue weighted by molar-refractivity contribution is 5.96. The Morgan fingerprint density at radius 3 is 2.62 bits per heavy atom. The smallest absolute Gasteiger partial charge is 0.407 e. The summed E-state index contributed by atoms with van der Waals surface area (Å²) in [6.07, 6.45) is 0.183. The lowest BCUT2D eigenvalue weighted by atomic mass is 9.94. The van der Waals surface area contributed by atoms with Gasteiger partial charge in [-0.05, 0) is 62.6 Å². The number of alkyl carbamates (subject to hydrolysis) is 1. The Morgan fingerprint density at radius 1 is 1.02 bits per heavy atom. The number of likely N-dealkylation sites (N-methyl/N-ethyl adjacent to an activating group) is 1. The van der Waals surface area contributed by atoms with Crippen molar-refractivity contribution in [2.75, 3.05) is 39.4 Å². The van der Waals surface area contributed by atoms with Crippen molar-refractivity contribution in [1.29, 1.82) is 0 Å². The van der Waals surface area contributed by atoms with E-state index in [4.69, 9.17) is 18.9 Å². The van der Waals surface area contributed by atoms with E-state index in [1.807, 2.05) is 30.3 Å². The summed E-state index contributed by atoms with van der Waals surface area (Å²) in [5, 5.41) is 12.1. The first kappa shape index (κ1) is 39.5. The Labute approximate surface area is 322 Å². The van der Waals surface area contributed by atoms with Crippen LogP contribution in [0, 0.1) is 5.82 Å². The van der Waals surface area contributed by atoms with Crippen molar-refractivity contribution in [2.45, 2.75) is 58.0 Å². The molecule has 0 bridgehead atoms. The van der Waals surface area contributed by atoms with Crippen molar-refractivity contribution in [2.24, 2.45) is 0 Å². The maximum Gasteiger partial charge on any atom is 0.407 e. The van der Waals surface area contributed by atoms with Gasteiger partial charge in [-0.25, -0.2) is 9.18 Å². The molecular weight excluding hydrogens is 727 g/mol. The van der Waals surface area contributed by atoms with Gasteiger partial charge in [-0.15, -0.1) is 0 Å². The number of amides is 4. The number of aromatic amines is 1. The fraction of sp³-hybridized carbons (Fsp3) is 0.375. The van der Waals surface area contributed by atoms with E-state index in [1.165, 1.54) is 17.0 Å². The van der Waals surface area contributed by atoms with Crippen molar-refractivity contribution in [3.8, 4) is 22.8 Å². The monoisotopic (exact) mass is 772 g/mol. The second-order valence-electron chi connectivity index (χ2n) is 13.3. The molecule has 6 rings (SSSR count). The number of hydrogen-bond donors (Lipinski definition) is 5. The maximum absolute atomic E-state index is 13.9. The Kier molecular flexibility index (Phi) is 13.0. The number of benzene rings is 3. The minimum absolute atomic E-state index is 0.0653. The van der Waals surface area contributed by atoms with Crippen LogP contribution in [0.25, 0.3) is 22.2 Å². The third kappa shape index (κ3) is 9.55. The summed E-state index contributed by atoms with van der Waals surface area (Å²) in [6, 6.07) is 16.6. The zero-order valence-corrected chi connectivity index (χ0v) is 31.2. The van der Waals surface area contributed by atoms with Crippen LogP contribution in [-0.2, 0) is 41.9 Å². The lowest BCUT2D eigenvalue weighted by Crippen LogP contribution is -2.74. The van der Waals surface area contributed by atoms with Gasteiger partial charge >= 0.3 is 12.1 Å². The van der Waals surface area contributed by atoms with E-state index in [0.29, 0.717) is 30.9 Å². The number of hydrogen-bond acceptors (Lipinski definition) is 10. The molecule has 2 aliphatic heterocycles. The van der Waals surface area contributed by atoms with E-state index in [2.05, 4.69) is 26.3 Å². The number of nitrogens with zero attached hydrogens (tertiary/aromatic N) is 1. The van der Waals surface area contributed by atoms with E-state index >= 15 is 0 Å². The molecule has 16 heteroatoms. The number of carbonyl (C=O) groups is 5. The lowest BCUT2D eigenvalue weighted by molar-refractivity contribution is -0.162. The number of esters is 1. The Hall–Kier alpha value is -6.16. The van der Waals surface area contributed by atoms with E-state index < -0.39 is 48.6 Å². The van der Waals surface area contributed by atoms with Crippen LogP contribution in [0.15, 0.2) is 66.7 Å². The number of halogens is 1. The summed E-state index contributed by atoms with van der Waals surface area (Å²) in [4.78, 5) is 68.5. The minimum atomic E-state index is -0.999. The zero-order chi connectivity index (χ0) is 39.6. The molecule has 3 aromatic carbocycles. The topological polar surface area (TPSA) is 189 Å². The molecule has 1 aromatic heterocycles. The largest absolute Gasteiger partial charge is 0.488 e. The van der Waals surface area contributed by atoms with Crippen molar-refractivity contribution in [1.82, 2.24) is 31.2 Å². The molecule has 1 fully saturated rings. The first-order chi connectivity index (χ1) is 27.1. The third-order valence-corrected chi connectivity index (χ3v) is 9.48. The van der Waals surface area contributed by atoms with Gasteiger partial charge in [-0.2, -0.15) is 0 Å². The fourth-order valence-corrected chi connectivity index (χ4v) is 6.72. The number of H-pyrrole nitrogens is 1. The summed E-state index contributed by atoms with van der Waals surface area (Å²) in [5.74, 6) is -1.40. The van der Waals surface area contributed by atoms with Gasteiger partial charge in [-0.1, -0.05) is 30.3 Å². The van der Waals surface area contributed by atoms with E-state index in [-0.39, 0.29) is 51.2 Å². The molecule has 4 amide bonds. The second kappa shape index (κ2) is 18.4. The molecular formula is C40H45FN6O9. The zero-order valence-electron chi connectivity index (χ0n) is 31.2. The Balaban J connectivity index is 1.03. The normalized spacial score (nSPS) is 16.1. The molecule has 296 valence electrons. The number of likely N-dealkylation sites (tertiary alicyclic amines) is 1. The van der Waals surface area contributed by atoms with E-state index in [9.17, 15) is 28.4 Å². The van der Waals surface area contributed by atoms with Crippen LogP contribution in [-0.4, -0.2) is 97.2 Å². The van der Waals surface area contributed by atoms with Crippen molar-refractivity contribution in [3.63, 3.8) is 0 Å². The van der Waals surface area contributed by atoms with Gasteiger partial charge in [0, 0.05) is 47.7 Å². The molecule has 0 radical (unpaired) electrons. The number of carbonyl (C=O) groups excluding carboxylic acids is 5. The van der Waals surface area contributed by atoms with Crippen molar-refractivity contribution < 1.29 is 47.3 Å². The van der Waals surface area contributed by atoms with Crippen molar-refractivity contribution >= 4 is 40.7 Å². The van der Waals surface area contributed by atoms with Crippen LogP contribution < -0.4 is 30.7 Å². The number of aromatic nitrogens is 1. The second-order valence-corrected chi connectivity index (χ2v) is 13.3. The summed E-state index contributed by atoms with van der Waals surface area (Å²) in [7, 11) is 0. The molecule has 15 nitrogen and oxygen atoms in total.